The minimum Gasteiger partial charge on any atom is -0.304 e. The number of hydrogen-bond acceptors (Lipinski definition) is 4. The van der Waals surface area contributed by atoms with Crippen molar-refractivity contribution >= 4 is 21.8 Å². The molecule has 2 aromatic heterocycles. The minimum atomic E-state index is -3.06. The Morgan fingerprint density at radius 1 is 1.07 bits per heavy atom. The molecule has 0 amide bonds. The molecule has 0 bridgehead atoms. The Kier molecular flexibility index (Phi) is 4.14. The number of nitrogens with zero attached hydrogens (tertiary/aromatic N) is 3. The van der Waals surface area contributed by atoms with E-state index in [4.69, 9.17) is 0 Å². The maximum Gasteiger partial charge on any atom is 0.331 e. The van der Waals surface area contributed by atoms with Gasteiger partial charge in [0.1, 0.15) is 5.52 Å². The standard InChI is InChI=1S/C19H14F2N4O3/c1-24-18(27)13-14(17(26)23-16(22-13)15(20)21)25(19(24)28)9-11-7-4-6-10-5-2-3-8-12(10)11/h2-8,15H,9H2,1H3,(H,22,23,26). The summed E-state index contributed by atoms with van der Waals surface area (Å²) in [7, 11) is 1.22. The van der Waals surface area contributed by atoms with Gasteiger partial charge in [0, 0.05) is 7.05 Å². The second-order valence-electron chi connectivity index (χ2n) is 6.32. The van der Waals surface area contributed by atoms with Crippen LogP contribution < -0.4 is 16.8 Å². The van der Waals surface area contributed by atoms with E-state index in [1.807, 2.05) is 41.4 Å². The van der Waals surface area contributed by atoms with Gasteiger partial charge in [-0.3, -0.25) is 18.7 Å². The fourth-order valence-electron chi connectivity index (χ4n) is 3.26. The predicted molar refractivity (Wildman–Crippen MR) is 99.9 cm³/mol. The van der Waals surface area contributed by atoms with Crippen LogP contribution in [0, 0.1) is 0 Å². The van der Waals surface area contributed by atoms with Gasteiger partial charge < -0.3 is 4.98 Å². The van der Waals surface area contributed by atoms with Crippen LogP contribution >= 0.6 is 0 Å². The molecule has 0 fully saturated rings. The van der Waals surface area contributed by atoms with Gasteiger partial charge in [-0.1, -0.05) is 42.5 Å². The molecule has 9 heteroatoms. The Labute approximate surface area is 155 Å². The van der Waals surface area contributed by atoms with Crippen molar-refractivity contribution in [2.45, 2.75) is 13.0 Å². The van der Waals surface area contributed by atoms with Gasteiger partial charge in [0.2, 0.25) is 0 Å². The van der Waals surface area contributed by atoms with Crippen molar-refractivity contribution in [1.82, 2.24) is 19.1 Å². The zero-order valence-corrected chi connectivity index (χ0v) is 14.6. The van der Waals surface area contributed by atoms with Crippen molar-refractivity contribution < 1.29 is 8.78 Å². The number of rotatable bonds is 3. The first-order valence-electron chi connectivity index (χ1n) is 8.37. The van der Waals surface area contributed by atoms with Crippen molar-refractivity contribution in [3.05, 3.63) is 85.0 Å². The Bertz CT molecular complexity index is 1400. The summed E-state index contributed by atoms with van der Waals surface area (Å²) in [6.07, 6.45) is -3.06. The van der Waals surface area contributed by atoms with Gasteiger partial charge in [-0.15, -0.1) is 0 Å². The molecule has 0 aliphatic heterocycles. The fraction of sp³-hybridized carbons (Fsp3) is 0.158. The molecule has 1 N–H and O–H groups in total. The second-order valence-corrected chi connectivity index (χ2v) is 6.32. The Morgan fingerprint density at radius 3 is 2.54 bits per heavy atom. The minimum absolute atomic E-state index is 0.0242. The summed E-state index contributed by atoms with van der Waals surface area (Å²) in [5.74, 6) is -0.912. The topological polar surface area (TPSA) is 89.8 Å². The third kappa shape index (κ3) is 2.72. The van der Waals surface area contributed by atoms with E-state index in [-0.39, 0.29) is 12.1 Å². The van der Waals surface area contributed by atoms with Crippen LogP contribution in [0.1, 0.15) is 17.8 Å². The van der Waals surface area contributed by atoms with Crippen LogP contribution in [0.3, 0.4) is 0 Å². The van der Waals surface area contributed by atoms with E-state index in [1.54, 1.807) is 6.07 Å². The quantitative estimate of drug-likeness (QED) is 0.584. The van der Waals surface area contributed by atoms with Gasteiger partial charge in [-0.05, 0) is 16.3 Å². The number of halogens is 2. The molecule has 0 saturated heterocycles. The number of hydrogen-bond donors (Lipinski definition) is 1. The Balaban J connectivity index is 2.05. The molecule has 28 heavy (non-hydrogen) atoms. The average Bonchev–Trinajstić information content (AvgIpc) is 2.69. The van der Waals surface area contributed by atoms with Crippen molar-refractivity contribution in [3.63, 3.8) is 0 Å². The molecule has 0 aliphatic rings. The molecule has 0 atom stereocenters. The van der Waals surface area contributed by atoms with Gasteiger partial charge in [0.05, 0.1) is 6.54 Å². The van der Waals surface area contributed by atoms with Crippen LogP contribution in [0.15, 0.2) is 56.8 Å². The first kappa shape index (κ1) is 17.8. The summed E-state index contributed by atoms with van der Waals surface area (Å²) in [6, 6.07) is 13.0. The summed E-state index contributed by atoms with van der Waals surface area (Å²) in [6.45, 7) is -0.0242. The maximum atomic E-state index is 13.0. The SMILES string of the molecule is Cn1c(=O)c2nc(C(F)F)[nH]c(=O)c2n(Cc2cccc3ccccc23)c1=O. The lowest BCUT2D eigenvalue weighted by atomic mass is 10.0. The van der Waals surface area contributed by atoms with Gasteiger partial charge in [-0.2, -0.15) is 0 Å². The molecule has 0 unspecified atom stereocenters. The molecule has 2 aromatic carbocycles. The highest BCUT2D eigenvalue weighted by atomic mass is 19.3. The van der Waals surface area contributed by atoms with Crippen LogP contribution in [0.4, 0.5) is 8.78 Å². The van der Waals surface area contributed by atoms with E-state index in [2.05, 4.69) is 4.98 Å². The van der Waals surface area contributed by atoms with Crippen LogP contribution in [0.2, 0.25) is 0 Å². The van der Waals surface area contributed by atoms with Crippen molar-refractivity contribution in [1.29, 1.82) is 0 Å². The third-order valence-corrected chi connectivity index (χ3v) is 4.62. The predicted octanol–water partition coefficient (Wildman–Crippen LogP) is 1.92. The lowest BCUT2D eigenvalue weighted by Crippen LogP contribution is -2.41. The summed E-state index contributed by atoms with van der Waals surface area (Å²) in [5.41, 5.74) is -2.66. The number of aromatic nitrogens is 4. The number of fused-ring (bicyclic) bond motifs is 2. The molecule has 7 nitrogen and oxygen atoms in total. The lowest BCUT2D eigenvalue weighted by Gasteiger charge is -2.13. The van der Waals surface area contributed by atoms with Crippen molar-refractivity contribution in [3.8, 4) is 0 Å². The molecular formula is C19H14F2N4O3. The second kappa shape index (κ2) is 6.52. The summed E-state index contributed by atoms with van der Waals surface area (Å²) >= 11 is 0. The van der Waals surface area contributed by atoms with E-state index in [0.29, 0.717) is 0 Å². The molecule has 0 saturated carbocycles. The van der Waals surface area contributed by atoms with E-state index < -0.39 is 34.6 Å². The highest BCUT2D eigenvalue weighted by Crippen LogP contribution is 2.20. The van der Waals surface area contributed by atoms with Crippen LogP contribution in [0.5, 0.6) is 0 Å². The first-order valence-corrected chi connectivity index (χ1v) is 8.37. The van der Waals surface area contributed by atoms with Gasteiger partial charge >= 0.3 is 5.69 Å². The van der Waals surface area contributed by atoms with E-state index in [9.17, 15) is 23.2 Å². The first-order chi connectivity index (χ1) is 13.4. The van der Waals surface area contributed by atoms with Gasteiger partial charge in [-0.25, -0.2) is 18.6 Å². The zero-order chi connectivity index (χ0) is 20.0. The van der Waals surface area contributed by atoms with Crippen molar-refractivity contribution in [2.24, 2.45) is 7.05 Å². The van der Waals surface area contributed by atoms with Crippen LogP contribution in [-0.2, 0) is 13.6 Å². The normalized spacial score (nSPS) is 11.6. The average molecular weight is 384 g/mol. The lowest BCUT2D eigenvalue weighted by molar-refractivity contribution is 0.140. The van der Waals surface area contributed by atoms with Gasteiger partial charge in [0.15, 0.2) is 11.3 Å². The summed E-state index contributed by atoms with van der Waals surface area (Å²) in [5, 5.41) is 1.81. The number of nitrogens with one attached hydrogen (secondary N) is 1. The number of benzene rings is 2. The molecule has 142 valence electrons. The molecule has 0 aliphatic carbocycles. The largest absolute Gasteiger partial charge is 0.331 e. The third-order valence-electron chi connectivity index (χ3n) is 4.62. The number of alkyl halides is 2. The smallest absolute Gasteiger partial charge is 0.304 e. The zero-order valence-electron chi connectivity index (χ0n) is 14.6. The maximum absolute atomic E-state index is 13.0. The number of aromatic amines is 1. The monoisotopic (exact) mass is 384 g/mol. The highest BCUT2D eigenvalue weighted by Gasteiger charge is 2.20. The van der Waals surface area contributed by atoms with E-state index >= 15 is 0 Å². The molecule has 2 heterocycles. The Morgan fingerprint density at radius 2 is 1.79 bits per heavy atom. The highest BCUT2D eigenvalue weighted by molar-refractivity contribution is 5.85. The van der Waals surface area contributed by atoms with E-state index in [0.717, 1.165) is 25.5 Å². The van der Waals surface area contributed by atoms with Crippen molar-refractivity contribution in [2.75, 3.05) is 0 Å². The molecule has 0 spiro atoms. The van der Waals surface area contributed by atoms with Gasteiger partial charge in [0.25, 0.3) is 17.5 Å². The summed E-state index contributed by atoms with van der Waals surface area (Å²) in [4.78, 5) is 43.1. The Hall–Kier alpha value is -3.62. The molecule has 0 radical (unpaired) electrons. The number of H-pyrrole nitrogens is 1. The fourth-order valence-corrected chi connectivity index (χ4v) is 3.26. The van der Waals surface area contributed by atoms with Crippen LogP contribution in [-0.4, -0.2) is 19.1 Å². The van der Waals surface area contributed by atoms with Crippen LogP contribution in [0.25, 0.3) is 21.8 Å². The summed E-state index contributed by atoms with van der Waals surface area (Å²) < 4.78 is 27.8. The molecule has 4 aromatic rings. The molecular weight excluding hydrogens is 370 g/mol. The van der Waals surface area contributed by atoms with E-state index in [1.165, 1.54) is 7.05 Å². The molecule has 4 rings (SSSR count).